The number of hydrogen-bond donors (Lipinski definition) is 1. The van der Waals surface area contributed by atoms with Gasteiger partial charge in [0.15, 0.2) is 0 Å². The predicted octanol–water partition coefficient (Wildman–Crippen LogP) is 4.53. The molecule has 0 radical (unpaired) electrons. The summed E-state index contributed by atoms with van der Waals surface area (Å²) in [5.74, 6) is -0.256. The van der Waals surface area contributed by atoms with Gasteiger partial charge < -0.3 is 10.2 Å². The molecule has 3 aromatic carbocycles. The zero-order chi connectivity index (χ0) is 21.9. The molecule has 0 saturated carbocycles. The van der Waals surface area contributed by atoms with Crippen molar-refractivity contribution < 1.29 is 9.59 Å². The van der Waals surface area contributed by atoms with Crippen LogP contribution in [0.1, 0.15) is 16.8 Å². The molecule has 32 heavy (non-hydrogen) atoms. The van der Waals surface area contributed by atoms with Gasteiger partial charge in [-0.05, 0) is 29.7 Å². The molecule has 5 heteroatoms. The zero-order valence-corrected chi connectivity index (χ0v) is 17.6. The normalized spacial score (nSPS) is 14.1. The summed E-state index contributed by atoms with van der Waals surface area (Å²) in [4.78, 5) is 31.9. The van der Waals surface area contributed by atoms with Crippen molar-refractivity contribution in [2.75, 3.05) is 19.6 Å². The van der Waals surface area contributed by atoms with Crippen LogP contribution in [0, 0.1) is 0 Å². The summed E-state index contributed by atoms with van der Waals surface area (Å²) in [6.45, 7) is 1.23. The third-order valence-electron chi connectivity index (χ3n) is 5.78. The molecule has 158 valence electrons. The second kappa shape index (κ2) is 8.63. The highest BCUT2D eigenvalue weighted by Crippen LogP contribution is 2.28. The van der Waals surface area contributed by atoms with E-state index < -0.39 is 0 Å². The van der Waals surface area contributed by atoms with Gasteiger partial charge in [0.25, 0.3) is 5.91 Å². The first-order chi connectivity index (χ1) is 15.7. The molecular weight excluding hydrogens is 398 g/mol. The van der Waals surface area contributed by atoms with Crippen LogP contribution in [0.25, 0.3) is 33.3 Å². The molecule has 1 fully saturated rings. The molecule has 2 heterocycles. The van der Waals surface area contributed by atoms with E-state index >= 15 is 0 Å². The van der Waals surface area contributed by atoms with Crippen LogP contribution in [0.5, 0.6) is 0 Å². The Balaban J connectivity index is 1.55. The average Bonchev–Trinajstić information content (AvgIpc) is 3.08. The maximum Gasteiger partial charge on any atom is 0.255 e. The van der Waals surface area contributed by atoms with Crippen LogP contribution in [-0.2, 0) is 4.79 Å². The molecule has 5 nitrogen and oxygen atoms in total. The number of fused-ring (bicyclic) bond motifs is 1. The maximum atomic E-state index is 13.5. The molecule has 0 aliphatic carbocycles. The Hall–Kier alpha value is -3.99. The molecular formula is C27H23N3O2. The van der Waals surface area contributed by atoms with Gasteiger partial charge in [0.1, 0.15) is 0 Å². The number of aromatic nitrogens is 1. The summed E-state index contributed by atoms with van der Waals surface area (Å²) in [6, 6.07) is 27.9. The van der Waals surface area contributed by atoms with E-state index in [2.05, 4.69) is 29.6 Å². The third kappa shape index (κ3) is 3.97. The minimum atomic E-state index is -0.136. The van der Waals surface area contributed by atoms with Gasteiger partial charge in [0.05, 0.1) is 23.3 Å². The van der Waals surface area contributed by atoms with Crippen LogP contribution in [-0.4, -0.2) is 41.3 Å². The van der Waals surface area contributed by atoms with Gasteiger partial charge in [-0.2, -0.15) is 0 Å². The molecule has 1 saturated heterocycles. The number of nitrogens with one attached hydrogen (secondary N) is 1. The van der Waals surface area contributed by atoms with Crippen molar-refractivity contribution in [2.24, 2.45) is 0 Å². The summed E-state index contributed by atoms with van der Waals surface area (Å²) >= 11 is 0. The van der Waals surface area contributed by atoms with Crippen molar-refractivity contribution in [3.8, 4) is 22.4 Å². The molecule has 1 aromatic heterocycles. The first-order valence-electron chi connectivity index (χ1n) is 10.8. The maximum absolute atomic E-state index is 13.5. The Morgan fingerprint density at radius 2 is 1.53 bits per heavy atom. The van der Waals surface area contributed by atoms with E-state index in [1.165, 1.54) is 0 Å². The first kappa shape index (κ1) is 19.9. The number of hydrogen-bond acceptors (Lipinski definition) is 3. The Kier molecular flexibility index (Phi) is 5.38. The lowest BCUT2D eigenvalue weighted by Gasteiger charge is -2.20. The number of para-hydroxylation sites is 1. The number of benzene rings is 3. The van der Waals surface area contributed by atoms with Crippen LogP contribution in [0.2, 0.25) is 0 Å². The van der Waals surface area contributed by atoms with Crippen molar-refractivity contribution >= 4 is 22.7 Å². The van der Waals surface area contributed by atoms with E-state index in [1.54, 1.807) is 4.90 Å². The molecule has 0 atom stereocenters. The molecule has 4 aromatic rings. The standard InChI is InChI=1S/C27H23N3O2/c31-26-18-30(16-6-15-28-26)27(32)23-17-25(29-24-10-5-4-9-22(23)24)21-13-11-20(12-14-21)19-7-2-1-3-8-19/h1-5,7-14,17H,6,15-16,18H2,(H,28,31). The molecule has 1 N–H and O–H groups in total. The lowest BCUT2D eigenvalue weighted by atomic mass is 10.00. The van der Waals surface area contributed by atoms with Crippen molar-refractivity contribution in [3.05, 3.63) is 90.5 Å². The van der Waals surface area contributed by atoms with E-state index in [1.807, 2.05) is 60.7 Å². The summed E-state index contributed by atoms with van der Waals surface area (Å²) in [5.41, 5.74) is 5.30. The van der Waals surface area contributed by atoms with E-state index in [9.17, 15) is 9.59 Å². The Bertz CT molecular complexity index is 1280. The van der Waals surface area contributed by atoms with Crippen molar-refractivity contribution in [3.63, 3.8) is 0 Å². The van der Waals surface area contributed by atoms with Gasteiger partial charge in [-0.25, -0.2) is 4.98 Å². The second-order valence-corrected chi connectivity index (χ2v) is 7.95. The largest absolute Gasteiger partial charge is 0.354 e. The fourth-order valence-electron chi connectivity index (χ4n) is 4.11. The quantitative estimate of drug-likeness (QED) is 0.529. The fourth-order valence-corrected chi connectivity index (χ4v) is 4.11. The molecule has 0 unspecified atom stereocenters. The van der Waals surface area contributed by atoms with Crippen molar-refractivity contribution in [1.82, 2.24) is 15.2 Å². The van der Waals surface area contributed by atoms with Gasteiger partial charge in [0.2, 0.25) is 5.91 Å². The topological polar surface area (TPSA) is 62.3 Å². The molecule has 1 aliphatic rings. The van der Waals surface area contributed by atoms with E-state index in [4.69, 9.17) is 4.98 Å². The number of rotatable bonds is 3. The fraction of sp³-hybridized carbons (Fsp3) is 0.148. The summed E-state index contributed by atoms with van der Waals surface area (Å²) in [7, 11) is 0. The Morgan fingerprint density at radius 1 is 0.844 bits per heavy atom. The van der Waals surface area contributed by atoms with Gasteiger partial charge >= 0.3 is 0 Å². The number of amides is 2. The zero-order valence-electron chi connectivity index (χ0n) is 17.6. The lowest BCUT2D eigenvalue weighted by molar-refractivity contribution is -0.121. The van der Waals surface area contributed by atoms with Crippen LogP contribution in [0.15, 0.2) is 84.9 Å². The Morgan fingerprint density at radius 3 is 2.34 bits per heavy atom. The number of carbonyl (C=O) groups is 2. The van der Waals surface area contributed by atoms with Crippen LogP contribution < -0.4 is 5.32 Å². The first-order valence-corrected chi connectivity index (χ1v) is 10.8. The van der Waals surface area contributed by atoms with Crippen LogP contribution >= 0.6 is 0 Å². The smallest absolute Gasteiger partial charge is 0.255 e. The van der Waals surface area contributed by atoms with Crippen molar-refractivity contribution in [1.29, 1.82) is 0 Å². The van der Waals surface area contributed by atoms with Gasteiger partial charge in [0, 0.05) is 24.0 Å². The second-order valence-electron chi connectivity index (χ2n) is 7.95. The minimum absolute atomic E-state index is 0.0799. The highest BCUT2D eigenvalue weighted by molar-refractivity contribution is 6.08. The lowest BCUT2D eigenvalue weighted by Crippen LogP contribution is -2.37. The highest BCUT2D eigenvalue weighted by atomic mass is 16.2. The molecule has 1 aliphatic heterocycles. The number of pyridine rings is 1. The predicted molar refractivity (Wildman–Crippen MR) is 126 cm³/mol. The average molecular weight is 422 g/mol. The highest BCUT2D eigenvalue weighted by Gasteiger charge is 2.23. The monoisotopic (exact) mass is 421 g/mol. The molecule has 0 bridgehead atoms. The summed E-state index contributed by atoms with van der Waals surface area (Å²) in [6.07, 6.45) is 0.744. The molecule has 0 spiro atoms. The SMILES string of the molecule is O=C1CN(C(=O)c2cc(-c3ccc(-c4ccccc4)cc3)nc3ccccc23)CCCN1. The summed E-state index contributed by atoms with van der Waals surface area (Å²) < 4.78 is 0. The number of nitrogens with zero attached hydrogens (tertiary/aromatic N) is 2. The Labute approximate surface area is 186 Å². The molecule has 5 rings (SSSR count). The van der Waals surface area contributed by atoms with Crippen molar-refractivity contribution in [2.45, 2.75) is 6.42 Å². The minimum Gasteiger partial charge on any atom is -0.354 e. The van der Waals surface area contributed by atoms with Gasteiger partial charge in [-0.15, -0.1) is 0 Å². The third-order valence-corrected chi connectivity index (χ3v) is 5.78. The summed E-state index contributed by atoms with van der Waals surface area (Å²) in [5, 5.41) is 3.63. The van der Waals surface area contributed by atoms with Crippen LogP contribution in [0.3, 0.4) is 0 Å². The van der Waals surface area contributed by atoms with E-state index in [0.717, 1.165) is 39.7 Å². The number of carbonyl (C=O) groups excluding carboxylic acids is 2. The van der Waals surface area contributed by atoms with E-state index in [0.29, 0.717) is 18.7 Å². The van der Waals surface area contributed by atoms with Gasteiger partial charge in [-0.3, -0.25) is 9.59 Å². The molecule has 2 amide bonds. The van der Waals surface area contributed by atoms with Gasteiger partial charge in [-0.1, -0.05) is 72.8 Å². The van der Waals surface area contributed by atoms with Crippen LogP contribution in [0.4, 0.5) is 0 Å². The van der Waals surface area contributed by atoms with E-state index in [-0.39, 0.29) is 18.4 Å².